The number of fused-ring (bicyclic) bond motifs is 2. The molecule has 2 heterocycles. The molecule has 2 N–H and O–H groups in total. The third-order valence-electron chi connectivity index (χ3n) is 5.71. The molecule has 0 aromatic carbocycles. The molecule has 0 radical (unpaired) electrons. The lowest BCUT2D eigenvalue weighted by atomic mass is 10.1. The Kier molecular flexibility index (Phi) is 6.40. The molecule has 2 aliphatic heterocycles. The van der Waals surface area contributed by atoms with Crippen molar-refractivity contribution in [3.63, 3.8) is 0 Å². The summed E-state index contributed by atoms with van der Waals surface area (Å²) in [7, 11) is 0. The maximum atomic E-state index is 13.0. The van der Waals surface area contributed by atoms with E-state index in [9.17, 15) is 19.5 Å². The lowest BCUT2D eigenvalue weighted by Crippen LogP contribution is -2.54. The van der Waals surface area contributed by atoms with Gasteiger partial charge in [-0.25, -0.2) is 4.79 Å². The van der Waals surface area contributed by atoms with E-state index < -0.39 is 35.7 Å². The number of amides is 2. The number of rotatable bonds is 2. The molecule has 3 aliphatic rings. The third kappa shape index (κ3) is 4.22. The lowest BCUT2D eigenvalue weighted by molar-refractivity contribution is -0.151. The van der Waals surface area contributed by atoms with E-state index in [0.717, 1.165) is 19.3 Å². The van der Waals surface area contributed by atoms with Gasteiger partial charge in [-0.05, 0) is 39.5 Å². The fourth-order valence-electron chi connectivity index (χ4n) is 4.01. The molecule has 3 rings (SSSR count). The monoisotopic (exact) mass is 394 g/mol. The second kappa shape index (κ2) is 8.61. The Hall–Kier alpha value is -1.93. The van der Waals surface area contributed by atoms with E-state index in [0.29, 0.717) is 13.0 Å². The van der Waals surface area contributed by atoms with Gasteiger partial charge in [0.05, 0.1) is 12.7 Å². The van der Waals surface area contributed by atoms with E-state index in [1.165, 1.54) is 4.90 Å². The van der Waals surface area contributed by atoms with E-state index in [-0.39, 0.29) is 31.4 Å². The number of aliphatic hydroxyl groups excluding tert-OH is 1. The van der Waals surface area contributed by atoms with Gasteiger partial charge in [0, 0.05) is 25.5 Å². The van der Waals surface area contributed by atoms with Crippen molar-refractivity contribution in [3.8, 4) is 0 Å². The summed E-state index contributed by atoms with van der Waals surface area (Å²) in [5.41, 5.74) is -1.08. The van der Waals surface area contributed by atoms with E-state index >= 15 is 0 Å². The first kappa shape index (κ1) is 20.8. The number of carbonyl (C=O) groups is 3. The summed E-state index contributed by atoms with van der Waals surface area (Å²) in [6.45, 7) is 4.17. The maximum absolute atomic E-state index is 13.0. The van der Waals surface area contributed by atoms with E-state index in [1.54, 1.807) is 13.8 Å². The Bertz CT molecular complexity index is 651. The third-order valence-corrected chi connectivity index (χ3v) is 5.71. The number of nitrogens with one attached hydrogen (secondary N) is 1. The second-order valence-corrected chi connectivity index (χ2v) is 7.82. The van der Waals surface area contributed by atoms with E-state index in [1.807, 2.05) is 12.2 Å². The van der Waals surface area contributed by atoms with Gasteiger partial charge in [0.2, 0.25) is 5.91 Å². The van der Waals surface area contributed by atoms with Crippen LogP contribution in [0.2, 0.25) is 0 Å². The second-order valence-electron chi connectivity index (χ2n) is 7.82. The number of carbonyl (C=O) groups excluding carboxylic acids is 3. The standard InChI is InChI=1S/C20H30N2O6/c1-3-27-19(26)20-11-14(20)8-6-4-5-7-9-28-13(2)18(25)22-12-15(23)10-16(22)17(24)21-20/h6,8,13-16,23H,3-5,7,9-12H2,1-2H3,(H,21,24)/b8-6-/t13-,14-,15+,16+,20-/m1/s1. The van der Waals surface area contributed by atoms with Gasteiger partial charge >= 0.3 is 5.97 Å². The van der Waals surface area contributed by atoms with Crippen LogP contribution in [0.3, 0.4) is 0 Å². The van der Waals surface area contributed by atoms with Gasteiger partial charge < -0.3 is 24.8 Å². The van der Waals surface area contributed by atoms with Crippen LogP contribution in [0, 0.1) is 5.92 Å². The average Bonchev–Trinajstić information content (AvgIpc) is 3.21. The van der Waals surface area contributed by atoms with Gasteiger partial charge in [-0.1, -0.05) is 12.2 Å². The summed E-state index contributed by atoms with van der Waals surface area (Å²) in [6.07, 6.45) is 5.72. The van der Waals surface area contributed by atoms with Crippen LogP contribution in [0.15, 0.2) is 12.2 Å². The molecule has 156 valence electrons. The number of hydrogen-bond donors (Lipinski definition) is 2. The van der Waals surface area contributed by atoms with Crippen molar-refractivity contribution in [2.24, 2.45) is 5.92 Å². The van der Waals surface area contributed by atoms with Crippen molar-refractivity contribution in [3.05, 3.63) is 12.2 Å². The molecule has 0 spiro atoms. The predicted octanol–water partition coefficient (Wildman–Crippen LogP) is 0.531. The van der Waals surface area contributed by atoms with E-state index in [4.69, 9.17) is 9.47 Å². The summed E-state index contributed by atoms with van der Waals surface area (Å²) in [5, 5.41) is 12.9. The quantitative estimate of drug-likeness (QED) is 0.523. The van der Waals surface area contributed by atoms with Crippen LogP contribution < -0.4 is 5.32 Å². The van der Waals surface area contributed by atoms with Gasteiger partial charge in [-0.3, -0.25) is 9.59 Å². The van der Waals surface area contributed by atoms with Gasteiger partial charge in [0.15, 0.2) is 0 Å². The first-order chi connectivity index (χ1) is 13.4. The maximum Gasteiger partial charge on any atom is 0.332 e. The van der Waals surface area contributed by atoms with Crippen LogP contribution in [0.25, 0.3) is 0 Å². The smallest absolute Gasteiger partial charge is 0.332 e. The number of nitrogens with zero attached hydrogens (tertiary/aromatic N) is 1. The zero-order valence-electron chi connectivity index (χ0n) is 16.6. The topological polar surface area (TPSA) is 105 Å². The molecule has 1 aliphatic carbocycles. The molecule has 0 bridgehead atoms. The molecule has 5 atom stereocenters. The summed E-state index contributed by atoms with van der Waals surface area (Å²) in [4.78, 5) is 39.7. The van der Waals surface area contributed by atoms with Crippen LogP contribution in [-0.4, -0.2) is 71.3 Å². The minimum atomic E-state index is -1.08. The summed E-state index contributed by atoms with van der Waals surface area (Å²) in [5.74, 6) is -1.32. The van der Waals surface area contributed by atoms with E-state index in [2.05, 4.69) is 5.32 Å². The van der Waals surface area contributed by atoms with Crippen molar-refractivity contribution < 1.29 is 29.0 Å². The molecule has 1 saturated heterocycles. The highest BCUT2D eigenvalue weighted by molar-refractivity contribution is 5.96. The molecular formula is C20H30N2O6. The SMILES string of the molecule is CCOC(=O)[C@@]12C[C@H]1/C=C\CCCCO[C@H](C)C(=O)N1C[C@@H](O)C[C@H]1C(=O)N2. The normalized spacial score (nSPS) is 37.8. The van der Waals surface area contributed by atoms with Crippen LogP contribution in [-0.2, 0) is 23.9 Å². The van der Waals surface area contributed by atoms with Crippen LogP contribution in [0.1, 0.15) is 46.0 Å². The molecule has 8 nitrogen and oxygen atoms in total. The zero-order chi connectivity index (χ0) is 20.3. The Labute approximate surface area is 165 Å². The number of aliphatic hydroxyl groups is 1. The molecule has 8 heteroatoms. The fraction of sp³-hybridized carbons (Fsp3) is 0.750. The van der Waals surface area contributed by atoms with Gasteiger partial charge in [-0.2, -0.15) is 0 Å². The lowest BCUT2D eigenvalue weighted by Gasteiger charge is -2.28. The molecule has 0 unspecified atom stereocenters. The molecule has 28 heavy (non-hydrogen) atoms. The average molecular weight is 394 g/mol. The summed E-state index contributed by atoms with van der Waals surface area (Å²) < 4.78 is 10.8. The van der Waals surface area contributed by atoms with Gasteiger partial charge in [0.25, 0.3) is 5.91 Å². The zero-order valence-corrected chi connectivity index (χ0v) is 16.6. The van der Waals surface area contributed by atoms with Crippen molar-refractivity contribution in [2.45, 2.75) is 69.7 Å². The Morgan fingerprint density at radius 2 is 2.21 bits per heavy atom. The fourth-order valence-corrected chi connectivity index (χ4v) is 4.01. The van der Waals surface area contributed by atoms with Crippen molar-refractivity contribution >= 4 is 17.8 Å². The minimum absolute atomic E-state index is 0.0837. The van der Waals surface area contributed by atoms with Crippen molar-refractivity contribution in [1.82, 2.24) is 10.2 Å². The Balaban J connectivity index is 1.84. The predicted molar refractivity (Wildman–Crippen MR) is 100 cm³/mol. The Morgan fingerprint density at radius 3 is 2.96 bits per heavy atom. The highest BCUT2D eigenvalue weighted by Crippen LogP contribution is 2.46. The molecule has 2 amide bonds. The number of ether oxygens (including phenoxy) is 2. The molecule has 0 aromatic rings. The number of esters is 1. The van der Waals surface area contributed by atoms with Crippen molar-refractivity contribution in [2.75, 3.05) is 19.8 Å². The van der Waals surface area contributed by atoms with Gasteiger partial charge in [0.1, 0.15) is 17.7 Å². The van der Waals surface area contributed by atoms with Crippen LogP contribution in [0.4, 0.5) is 0 Å². The summed E-state index contributed by atoms with van der Waals surface area (Å²) in [6, 6.07) is -0.824. The highest BCUT2D eigenvalue weighted by Gasteiger charge is 2.62. The number of hydrogen-bond acceptors (Lipinski definition) is 6. The first-order valence-corrected chi connectivity index (χ1v) is 10.1. The number of allylic oxidation sites excluding steroid dienone is 1. The Morgan fingerprint density at radius 1 is 1.43 bits per heavy atom. The molecular weight excluding hydrogens is 364 g/mol. The molecule has 0 aromatic heterocycles. The minimum Gasteiger partial charge on any atom is -0.464 e. The largest absolute Gasteiger partial charge is 0.464 e. The summed E-state index contributed by atoms with van der Waals surface area (Å²) >= 11 is 0. The molecule has 2 fully saturated rings. The highest BCUT2D eigenvalue weighted by atomic mass is 16.5. The van der Waals surface area contributed by atoms with Crippen LogP contribution in [0.5, 0.6) is 0 Å². The van der Waals surface area contributed by atoms with Gasteiger partial charge in [-0.15, -0.1) is 0 Å². The van der Waals surface area contributed by atoms with Crippen LogP contribution >= 0.6 is 0 Å². The van der Waals surface area contributed by atoms with Crippen molar-refractivity contribution in [1.29, 1.82) is 0 Å². The first-order valence-electron chi connectivity index (χ1n) is 10.1. The molecule has 1 saturated carbocycles.